The van der Waals surface area contributed by atoms with Crippen LogP contribution in [0.25, 0.3) is 0 Å². The van der Waals surface area contributed by atoms with Crippen LogP contribution in [-0.2, 0) is 21.5 Å². The van der Waals surface area contributed by atoms with Gasteiger partial charge in [0, 0.05) is 19.5 Å². The number of benzene rings is 2. The van der Waals surface area contributed by atoms with Gasteiger partial charge < -0.3 is 15.4 Å². The first-order valence-electron chi connectivity index (χ1n) is 9.09. The van der Waals surface area contributed by atoms with Gasteiger partial charge >= 0.3 is 0 Å². The molecule has 0 aromatic heterocycles. The van der Waals surface area contributed by atoms with E-state index in [0.29, 0.717) is 12.3 Å². The molecule has 2 amide bonds. The van der Waals surface area contributed by atoms with Crippen molar-refractivity contribution in [1.82, 2.24) is 4.90 Å². The molecule has 0 spiro atoms. The van der Waals surface area contributed by atoms with Gasteiger partial charge in [-0.2, -0.15) is 0 Å². The van der Waals surface area contributed by atoms with Gasteiger partial charge in [0.05, 0.1) is 0 Å². The van der Waals surface area contributed by atoms with Crippen LogP contribution in [0.2, 0.25) is 0 Å². The number of rotatable bonds is 8. The van der Waals surface area contributed by atoms with Gasteiger partial charge in [-0.3, -0.25) is 9.59 Å². The lowest BCUT2D eigenvalue weighted by Gasteiger charge is -2.25. The van der Waals surface area contributed by atoms with Crippen LogP contribution in [0.3, 0.4) is 0 Å². The number of amides is 2. The summed E-state index contributed by atoms with van der Waals surface area (Å²) < 4.78 is 5.84. The standard InChI is InChI=1S/C22H28N2O3/c1-22(2,3)18-11-7-8-12-19(18)27-16-21(26)24(14-13-20(23)25)15-17-9-5-4-6-10-17/h4-12H,13-16H2,1-3H3,(H2,23,25). The maximum absolute atomic E-state index is 12.7. The summed E-state index contributed by atoms with van der Waals surface area (Å²) in [7, 11) is 0. The van der Waals surface area contributed by atoms with Crippen molar-refractivity contribution in [1.29, 1.82) is 0 Å². The van der Waals surface area contributed by atoms with Crippen molar-refractivity contribution in [2.45, 2.75) is 39.2 Å². The van der Waals surface area contributed by atoms with Gasteiger partial charge in [0.15, 0.2) is 6.61 Å². The molecule has 0 bridgehead atoms. The number of nitrogens with zero attached hydrogens (tertiary/aromatic N) is 1. The van der Waals surface area contributed by atoms with Crippen molar-refractivity contribution in [3.8, 4) is 5.75 Å². The Morgan fingerprint density at radius 1 is 1.00 bits per heavy atom. The van der Waals surface area contributed by atoms with E-state index >= 15 is 0 Å². The molecule has 144 valence electrons. The fraction of sp³-hybridized carbons (Fsp3) is 0.364. The van der Waals surface area contributed by atoms with Crippen LogP contribution < -0.4 is 10.5 Å². The van der Waals surface area contributed by atoms with Crippen LogP contribution in [0, 0.1) is 0 Å². The van der Waals surface area contributed by atoms with Crippen molar-refractivity contribution < 1.29 is 14.3 Å². The molecule has 0 saturated heterocycles. The van der Waals surface area contributed by atoms with Crippen LogP contribution in [0.5, 0.6) is 5.75 Å². The van der Waals surface area contributed by atoms with E-state index in [1.54, 1.807) is 4.90 Å². The SMILES string of the molecule is CC(C)(C)c1ccccc1OCC(=O)N(CCC(N)=O)Cc1ccccc1. The van der Waals surface area contributed by atoms with Crippen molar-refractivity contribution >= 4 is 11.8 Å². The smallest absolute Gasteiger partial charge is 0.260 e. The third-order valence-electron chi connectivity index (χ3n) is 4.24. The fourth-order valence-electron chi connectivity index (χ4n) is 2.78. The lowest BCUT2D eigenvalue weighted by Crippen LogP contribution is -2.37. The van der Waals surface area contributed by atoms with Crippen molar-refractivity contribution in [2.75, 3.05) is 13.2 Å². The zero-order chi connectivity index (χ0) is 19.9. The molecule has 2 aromatic rings. The molecule has 0 aliphatic carbocycles. The summed E-state index contributed by atoms with van der Waals surface area (Å²) in [5.41, 5.74) is 7.21. The number of carbonyl (C=O) groups is 2. The Kier molecular flexibility index (Phi) is 6.99. The van der Waals surface area contributed by atoms with E-state index in [1.807, 2.05) is 54.6 Å². The molecule has 0 saturated carbocycles. The summed E-state index contributed by atoms with van der Waals surface area (Å²) in [6, 6.07) is 17.4. The maximum atomic E-state index is 12.7. The summed E-state index contributed by atoms with van der Waals surface area (Å²) in [6.45, 7) is 6.91. The Morgan fingerprint density at radius 3 is 2.26 bits per heavy atom. The number of hydrogen-bond donors (Lipinski definition) is 1. The Hall–Kier alpha value is -2.82. The molecule has 0 fully saturated rings. The van der Waals surface area contributed by atoms with Crippen molar-refractivity contribution in [3.05, 3.63) is 65.7 Å². The fourth-order valence-corrected chi connectivity index (χ4v) is 2.78. The Morgan fingerprint density at radius 2 is 1.63 bits per heavy atom. The van der Waals surface area contributed by atoms with E-state index in [9.17, 15) is 9.59 Å². The zero-order valence-corrected chi connectivity index (χ0v) is 16.3. The average Bonchev–Trinajstić information content (AvgIpc) is 2.63. The van der Waals surface area contributed by atoms with E-state index in [4.69, 9.17) is 10.5 Å². The molecule has 0 heterocycles. The lowest BCUT2D eigenvalue weighted by molar-refractivity contribution is -0.134. The molecule has 2 aromatic carbocycles. The largest absolute Gasteiger partial charge is 0.483 e. The molecule has 2 rings (SSSR count). The molecule has 2 N–H and O–H groups in total. The summed E-state index contributed by atoms with van der Waals surface area (Å²) in [5, 5.41) is 0. The molecule has 0 radical (unpaired) electrons. The van der Waals surface area contributed by atoms with Gasteiger partial charge in [0.1, 0.15) is 5.75 Å². The first-order valence-corrected chi connectivity index (χ1v) is 9.09. The molecule has 5 nitrogen and oxygen atoms in total. The summed E-state index contributed by atoms with van der Waals surface area (Å²) in [5.74, 6) is 0.0941. The third-order valence-corrected chi connectivity index (χ3v) is 4.24. The number of primary amides is 1. The quantitative estimate of drug-likeness (QED) is 0.777. The van der Waals surface area contributed by atoms with Gasteiger partial charge in [-0.1, -0.05) is 69.3 Å². The molecule has 0 unspecified atom stereocenters. The van der Waals surface area contributed by atoms with E-state index in [2.05, 4.69) is 20.8 Å². The predicted molar refractivity (Wildman–Crippen MR) is 106 cm³/mol. The third kappa shape index (κ3) is 6.44. The minimum Gasteiger partial charge on any atom is -0.483 e. The first kappa shape index (κ1) is 20.5. The van der Waals surface area contributed by atoms with Gasteiger partial charge in [-0.25, -0.2) is 0 Å². The number of ether oxygens (including phenoxy) is 1. The predicted octanol–water partition coefficient (Wildman–Crippen LogP) is 3.27. The molecular weight excluding hydrogens is 340 g/mol. The summed E-state index contributed by atoms with van der Waals surface area (Å²) in [4.78, 5) is 25.5. The van der Waals surface area contributed by atoms with Gasteiger partial charge in [-0.05, 0) is 22.6 Å². The average molecular weight is 368 g/mol. The normalized spacial score (nSPS) is 11.1. The topological polar surface area (TPSA) is 72.6 Å². The molecule has 0 atom stereocenters. The van der Waals surface area contributed by atoms with Crippen LogP contribution in [0.4, 0.5) is 0 Å². The second-order valence-electron chi connectivity index (χ2n) is 7.55. The molecular formula is C22H28N2O3. The Bertz CT molecular complexity index is 767. The number of para-hydroxylation sites is 1. The highest BCUT2D eigenvalue weighted by atomic mass is 16.5. The van der Waals surface area contributed by atoms with Crippen molar-refractivity contribution in [2.24, 2.45) is 5.73 Å². The number of hydrogen-bond acceptors (Lipinski definition) is 3. The second kappa shape index (κ2) is 9.21. The summed E-state index contributed by atoms with van der Waals surface area (Å²) >= 11 is 0. The monoisotopic (exact) mass is 368 g/mol. The zero-order valence-electron chi connectivity index (χ0n) is 16.3. The van der Waals surface area contributed by atoms with E-state index in [1.165, 1.54) is 0 Å². The Balaban J connectivity index is 2.08. The van der Waals surface area contributed by atoms with Gasteiger partial charge in [0.25, 0.3) is 5.91 Å². The second-order valence-corrected chi connectivity index (χ2v) is 7.55. The maximum Gasteiger partial charge on any atom is 0.260 e. The molecule has 27 heavy (non-hydrogen) atoms. The molecule has 0 aliphatic heterocycles. The van der Waals surface area contributed by atoms with E-state index < -0.39 is 5.91 Å². The van der Waals surface area contributed by atoms with Crippen LogP contribution in [0.1, 0.15) is 38.3 Å². The highest BCUT2D eigenvalue weighted by Crippen LogP contribution is 2.30. The van der Waals surface area contributed by atoms with Crippen molar-refractivity contribution in [3.63, 3.8) is 0 Å². The van der Waals surface area contributed by atoms with Gasteiger partial charge in [-0.15, -0.1) is 0 Å². The molecule has 5 heteroatoms. The minimum atomic E-state index is -0.431. The van der Waals surface area contributed by atoms with E-state index in [0.717, 1.165) is 11.1 Å². The van der Waals surface area contributed by atoms with Crippen LogP contribution in [-0.4, -0.2) is 29.9 Å². The lowest BCUT2D eigenvalue weighted by atomic mass is 9.86. The van der Waals surface area contributed by atoms with Gasteiger partial charge in [0.2, 0.25) is 5.91 Å². The van der Waals surface area contributed by atoms with E-state index in [-0.39, 0.29) is 30.9 Å². The number of carbonyl (C=O) groups excluding carboxylic acids is 2. The highest BCUT2D eigenvalue weighted by molar-refractivity contribution is 5.79. The highest BCUT2D eigenvalue weighted by Gasteiger charge is 2.20. The number of nitrogens with two attached hydrogens (primary N) is 1. The minimum absolute atomic E-state index is 0.0846. The molecule has 0 aliphatic rings. The first-order chi connectivity index (χ1) is 12.8. The Labute approximate surface area is 161 Å². The van der Waals surface area contributed by atoms with Crippen LogP contribution in [0.15, 0.2) is 54.6 Å². The van der Waals surface area contributed by atoms with Crippen LogP contribution >= 0.6 is 0 Å². The summed E-state index contributed by atoms with van der Waals surface area (Å²) in [6.07, 6.45) is 0.122.